The molecule has 2 aromatic carbocycles. The summed E-state index contributed by atoms with van der Waals surface area (Å²) in [6, 6.07) is 13.0. The zero-order valence-corrected chi connectivity index (χ0v) is 20.8. The second kappa shape index (κ2) is 11.6. The predicted molar refractivity (Wildman–Crippen MR) is 133 cm³/mol. The second-order valence-electron chi connectivity index (χ2n) is 7.67. The van der Waals surface area contributed by atoms with Crippen LogP contribution in [0.15, 0.2) is 47.8 Å². The van der Waals surface area contributed by atoms with Crippen LogP contribution in [0.1, 0.15) is 42.6 Å². The lowest BCUT2D eigenvalue weighted by Gasteiger charge is -2.14. The van der Waals surface area contributed by atoms with Crippen molar-refractivity contribution in [3.63, 3.8) is 0 Å². The Morgan fingerprint density at radius 2 is 1.74 bits per heavy atom. The molecule has 0 atom stereocenters. The first-order chi connectivity index (χ1) is 16.4. The van der Waals surface area contributed by atoms with E-state index in [1.54, 1.807) is 38.7 Å². The highest BCUT2D eigenvalue weighted by Gasteiger charge is 2.24. The number of rotatable bonds is 10. The molecule has 3 aromatic rings. The molecule has 0 aliphatic heterocycles. The van der Waals surface area contributed by atoms with Crippen LogP contribution in [0.4, 0.5) is 5.00 Å². The monoisotopic (exact) mass is 483 g/mol. The number of hydrogen-bond donors (Lipinski definition) is 1. The van der Waals surface area contributed by atoms with Gasteiger partial charge in [-0.15, -0.1) is 11.3 Å². The first-order valence-corrected chi connectivity index (χ1v) is 11.8. The van der Waals surface area contributed by atoms with Crippen LogP contribution in [-0.2, 0) is 9.53 Å². The molecule has 0 aliphatic rings. The van der Waals surface area contributed by atoms with Gasteiger partial charge >= 0.3 is 5.97 Å². The smallest absolute Gasteiger partial charge is 0.341 e. The summed E-state index contributed by atoms with van der Waals surface area (Å²) in [5.41, 5.74) is 2.68. The Kier molecular flexibility index (Phi) is 8.54. The molecule has 0 fully saturated rings. The van der Waals surface area contributed by atoms with Gasteiger partial charge in [-0.1, -0.05) is 38.1 Å². The Morgan fingerprint density at radius 1 is 1.00 bits per heavy atom. The molecule has 0 saturated heterocycles. The maximum atomic E-state index is 12.8. The van der Waals surface area contributed by atoms with Crippen molar-refractivity contribution in [1.29, 1.82) is 0 Å². The van der Waals surface area contributed by atoms with E-state index < -0.39 is 5.97 Å². The van der Waals surface area contributed by atoms with Crippen molar-refractivity contribution >= 4 is 28.2 Å². The first kappa shape index (κ1) is 25.1. The van der Waals surface area contributed by atoms with Crippen molar-refractivity contribution < 1.29 is 28.5 Å². The highest BCUT2D eigenvalue weighted by molar-refractivity contribution is 7.15. The molecule has 0 unspecified atom stereocenters. The highest BCUT2D eigenvalue weighted by atomic mass is 32.1. The molecule has 0 aliphatic carbocycles. The van der Waals surface area contributed by atoms with Crippen LogP contribution in [0.3, 0.4) is 0 Å². The number of ether oxygens (including phenoxy) is 4. The standard InChI is InChI=1S/C26H29NO6S/c1-6-32-26(29)24-19(17-11-12-21(30-4)22(13-17)31-5)15-34-25(24)27-23(28)14-33-20-10-8-7-9-18(20)16(2)3/h7-13,15-16H,6,14H2,1-5H3,(H,27,28). The minimum atomic E-state index is -0.519. The lowest BCUT2D eigenvalue weighted by atomic mass is 10.0. The fourth-order valence-electron chi connectivity index (χ4n) is 3.47. The van der Waals surface area contributed by atoms with E-state index in [9.17, 15) is 9.59 Å². The average Bonchev–Trinajstić information content (AvgIpc) is 3.26. The van der Waals surface area contributed by atoms with Crippen LogP contribution in [0.5, 0.6) is 17.2 Å². The minimum Gasteiger partial charge on any atom is -0.493 e. The Labute approximate surface area is 203 Å². The van der Waals surface area contributed by atoms with Crippen LogP contribution in [0.25, 0.3) is 11.1 Å². The number of hydrogen-bond acceptors (Lipinski definition) is 7. The van der Waals surface area contributed by atoms with E-state index in [1.807, 2.05) is 30.3 Å². The number of amides is 1. The largest absolute Gasteiger partial charge is 0.493 e. The molecule has 0 bridgehead atoms. The van der Waals surface area contributed by atoms with Crippen molar-refractivity contribution in [3.05, 3.63) is 59.0 Å². The average molecular weight is 484 g/mol. The van der Waals surface area contributed by atoms with Gasteiger partial charge in [0.15, 0.2) is 18.1 Å². The maximum Gasteiger partial charge on any atom is 0.341 e. The lowest BCUT2D eigenvalue weighted by Crippen LogP contribution is -2.21. The summed E-state index contributed by atoms with van der Waals surface area (Å²) in [6.45, 7) is 5.89. The number of methoxy groups -OCH3 is 2. The summed E-state index contributed by atoms with van der Waals surface area (Å²) < 4.78 is 21.7. The van der Waals surface area contributed by atoms with Gasteiger partial charge in [-0.2, -0.15) is 0 Å². The van der Waals surface area contributed by atoms with Gasteiger partial charge < -0.3 is 24.3 Å². The topological polar surface area (TPSA) is 83.1 Å². The molecule has 3 rings (SSSR count). The third-order valence-electron chi connectivity index (χ3n) is 5.12. The number of benzene rings is 2. The highest BCUT2D eigenvalue weighted by Crippen LogP contribution is 2.39. The Balaban J connectivity index is 1.85. The third-order valence-corrected chi connectivity index (χ3v) is 6.01. The minimum absolute atomic E-state index is 0.185. The molecule has 180 valence electrons. The summed E-state index contributed by atoms with van der Waals surface area (Å²) in [7, 11) is 3.10. The van der Waals surface area contributed by atoms with Crippen molar-refractivity contribution in [1.82, 2.24) is 0 Å². The number of thiophene rings is 1. The number of carbonyl (C=O) groups excluding carboxylic acids is 2. The van der Waals surface area contributed by atoms with E-state index in [4.69, 9.17) is 18.9 Å². The number of esters is 1. The van der Waals surface area contributed by atoms with E-state index in [0.717, 1.165) is 11.1 Å². The van der Waals surface area contributed by atoms with Crippen LogP contribution >= 0.6 is 11.3 Å². The molecule has 1 N–H and O–H groups in total. The molecular formula is C26H29NO6S. The van der Waals surface area contributed by atoms with Gasteiger partial charge in [0.2, 0.25) is 0 Å². The molecule has 1 heterocycles. The maximum absolute atomic E-state index is 12.8. The summed E-state index contributed by atoms with van der Waals surface area (Å²) in [4.78, 5) is 25.5. The summed E-state index contributed by atoms with van der Waals surface area (Å²) in [6.07, 6.45) is 0. The molecule has 34 heavy (non-hydrogen) atoms. The summed E-state index contributed by atoms with van der Waals surface area (Å²) in [5.74, 6) is 1.14. The predicted octanol–water partition coefficient (Wildman–Crippen LogP) is 5.75. The number of carbonyl (C=O) groups is 2. The molecule has 8 heteroatoms. The van der Waals surface area contributed by atoms with Gasteiger partial charge in [0, 0.05) is 10.9 Å². The van der Waals surface area contributed by atoms with Crippen molar-refractivity contribution in [2.24, 2.45) is 0 Å². The van der Waals surface area contributed by atoms with Crippen LogP contribution in [0.2, 0.25) is 0 Å². The molecule has 0 spiro atoms. The Bertz CT molecular complexity index is 1150. The zero-order valence-electron chi connectivity index (χ0n) is 20.0. The van der Waals surface area contributed by atoms with Crippen LogP contribution in [-0.4, -0.2) is 39.3 Å². The summed E-state index contributed by atoms with van der Waals surface area (Å²) >= 11 is 1.25. The van der Waals surface area contributed by atoms with Gasteiger partial charge in [-0.3, -0.25) is 4.79 Å². The quantitative estimate of drug-likeness (QED) is 0.370. The van der Waals surface area contributed by atoms with Gasteiger partial charge in [-0.05, 0) is 42.2 Å². The van der Waals surface area contributed by atoms with E-state index >= 15 is 0 Å². The molecule has 1 amide bonds. The molecular weight excluding hydrogens is 454 g/mol. The number of nitrogens with one attached hydrogen (secondary N) is 1. The van der Waals surface area contributed by atoms with E-state index in [0.29, 0.717) is 27.8 Å². The van der Waals surface area contributed by atoms with Crippen molar-refractivity contribution in [3.8, 4) is 28.4 Å². The number of para-hydroxylation sites is 1. The van der Waals surface area contributed by atoms with Crippen molar-refractivity contribution in [2.45, 2.75) is 26.7 Å². The third kappa shape index (κ3) is 5.69. The second-order valence-corrected chi connectivity index (χ2v) is 8.55. The van der Waals surface area contributed by atoms with E-state index in [2.05, 4.69) is 19.2 Å². The Morgan fingerprint density at radius 3 is 2.41 bits per heavy atom. The normalized spacial score (nSPS) is 10.6. The van der Waals surface area contributed by atoms with Gasteiger partial charge in [0.1, 0.15) is 16.3 Å². The van der Waals surface area contributed by atoms with Gasteiger partial charge in [0.05, 0.1) is 20.8 Å². The molecule has 0 radical (unpaired) electrons. The van der Waals surface area contributed by atoms with E-state index in [-0.39, 0.29) is 30.6 Å². The lowest BCUT2D eigenvalue weighted by molar-refractivity contribution is -0.118. The molecule has 1 aromatic heterocycles. The summed E-state index contributed by atoms with van der Waals surface area (Å²) in [5, 5.41) is 5.01. The fraction of sp³-hybridized carbons (Fsp3) is 0.308. The van der Waals surface area contributed by atoms with Crippen LogP contribution < -0.4 is 19.5 Å². The van der Waals surface area contributed by atoms with E-state index in [1.165, 1.54) is 11.3 Å². The Hall–Kier alpha value is -3.52. The van der Waals surface area contributed by atoms with Gasteiger partial charge in [0.25, 0.3) is 5.91 Å². The SMILES string of the molecule is CCOC(=O)c1c(-c2ccc(OC)c(OC)c2)csc1NC(=O)COc1ccccc1C(C)C. The van der Waals surface area contributed by atoms with Gasteiger partial charge in [-0.25, -0.2) is 4.79 Å². The number of anilines is 1. The van der Waals surface area contributed by atoms with Crippen molar-refractivity contribution in [2.75, 3.05) is 32.8 Å². The van der Waals surface area contributed by atoms with Crippen LogP contribution in [0, 0.1) is 0 Å². The first-order valence-electron chi connectivity index (χ1n) is 10.9. The molecule has 0 saturated carbocycles. The fourth-order valence-corrected chi connectivity index (χ4v) is 4.44. The zero-order chi connectivity index (χ0) is 24.7. The molecule has 7 nitrogen and oxygen atoms in total.